The summed E-state index contributed by atoms with van der Waals surface area (Å²) in [7, 11) is 1.62. The first-order valence-corrected chi connectivity index (χ1v) is 8.78. The molecule has 8 heteroatoms. The molecule has 0 saturated carbocycles. The summed E-state index contributed by atoms with van der Waals surface area (Å²) in [5, 5.41) is -1.44. The van der Waals surface area contributed by atoms with Crippen molar-refractivity contribution in [2.24, 2.45) is 0 Å². The van der Waals surface area contributed by atoms with Gasteiger partial charge in [-0.3, -0.25) is 19.2 Å². The Morgan fingerprint density at radius 2 is 1.18 bits per heavy atom. The zero-order chi connectivity index (χ0) is 21.1. The molecular formula is C20H18Cl2O6. The van der Waals surface area contributed by atoms with Crippen molar-refractivity contribution in [3.8, 4) is 22.6 Å². The maximum Gasteiger partial charge on any atom is 0.318 e. The fourth-order valence-electron chi connectivity index (χ4n) is 1.98. The molecule has 28 heavy (non-hydrogen) atoms. The maximum atomic E-state index is 11.4. The average Bonchev–Trinajstić information content (AvgIpc) is 2.61. The van der Waals surface area contributed by atoms with E-state index in [-0.39, 0.29) is 18.6 Å². The Labute approximate surface area is 172 Å². The number of benzene rings is 2. The van der Waals surface area contributed by atoms with Crippen molar-refractivity contribution in [2.75, 3.05) is 7.11 Å². The molecule has 6 nitrogen and oxygen atoms in total. The Morgan fingerprint density at radius 3 is 1.50 bits per heavy atom. The van der Waals surface area contributed by atoms with Gasteiger partial charge in [0, 0.05) is 0 Å². The highest BCUT2D eigenvalue weighted by Gasteiger charge is 2.08. The lowest BCUT2D eigenvalue weighted by molar-refractivity contribution is -0.137. The van der Waals surface area contributed by atoms with Crippen molar-refractivity contribution in [1.29, 1.82) is 0 Å². The van der Waals surface area contributed by atoms with Gasteiger partial charge in [-0.2, -0.15) is 0 Å². The number of methoxy groups -OCH3 is 1. The lowest BCUT2D eigenvalue weighted by atomic mass is 10.1. The van der Waals surface area contributed by atoms with Crippen molar-refractivity contribution in [2.45, 2.75) is 19.8 Å². The number of Topliss-reactive ketones (excluding diaryl/α,β-unsaturated/α-hetero) is 1. The van der Waals surface area contributed by atoms with Crippen LogP contribution in [0.5, 0.6) is 11.5 Å². The Morgan fingerprint density at radius 1 is 0.750 bits per heavy atom. The third kappa shape index (κ3) is 9.30. The van der Waals surface area contributed by atoms with E-state index in [1.807, 2.05) is 36.4 Å². The van der Waals surface area contributed by atoms with Crippen LogP contribution in [0.15, 0.2) is 48.5 Å². The maximum absolute atomic E-state index is 11.4. The molecule has 0 fully saturated rings. The van der Waals surface area contributed by atoms with Gasteiger partial charge in [-0.25, -0.2) is 0 Å². The SMILES string of the molecule is COc1ccc(-c2ccc(OC(=O)CC(C)=O)cc2)cc1.O=C(Cl)CC(=O)Cl. The van der Waals surface area contributed by atoms with Crippen LogP contribution in [0.25, 0.3) is 11.1 Å². The van der Waals surface area contributed by atoms with Gasteiger partial charge in [-0.1, -0.05) is 24.3 Å². The molecule has 0 unspecified atom stereocenters. The van der Waals surface area contributed by atoms with Crippen molar-refractivity contribution in [3.05, 3.63) is 48.5 Å². The van der Waals surface area contributed by atoms with Gasteiger partial charge >= 0.3 is 5.97 Å². The van der Waals surface area contributed by atoms with Crippen LogP contribution in [-0.4, -0.2) is 29.3 Å². The highest BCUT2D eigenvalue weighted by molar-refractivity contribution is 6.72. The van der Waals surface area contributed by atoms with Gasteiger partial charge in [0.2, 0.25) is 10.5 Å². The summed E-state index contributed by atoms with van der Waals surface area (Å²) < 4.78 is 10.2. The first kappa shape index (κ1) is 23.3. The van der Waals surface area contributed by atoms with Crippen LogP contribution in [-0.2, 0) is 19.2 Å². The summed E-state index contributed by atoms with van der Waals surface area (Å²) in [6, 6.07) is 14.8. The number of hydrogen-bond donors (Lipinski definition) is 0. The van der Waals surface area contributed by atoms with Gasteiger partial charge in [0.15, 0.2) is 0 Å². The van der Waals surface area contributed by atoms with Gasteiger partial charge in [-0.15, -0.1) is 0 Å². The zero-order valence-corrected chi connectivity index (χ0v) is 16.8. The Bertz CT molecular complexity index is 817. The topological polar surface area (TPSA) is 86.7 Å². The molecule has 0 N–H and O–H groups in total. The summed E-state index contributed by atoms with van der Waals surface area (Å²) in [6.45, 7) is 1.36. The molecular weight excluding hydrogens is 407 g/mol. The second-order valence-electron chi connectivity index (χ2n) is 5.49. The summed E-state index contributed by atoms with van der Waals surface area (Å²) >= 11 is 9.46. The fraction of sp³-hybridized carbons (Fsp3) is 0.200. The Balaban J connectivity index is 0.000000480. The molecule has 0 bridgehead atoms. The lowest BCUT2D eigenvalue weighted by Crippen LogP contribution is -2.11. The van der Waals surface area contributed by atoms with Gasteiger partial charge in [0.1, 0.15) is 23.7 Å². The van der Waals surface area contributed by atoms with E-state index in [4.69, 9.17) is 32.7 Å². The van der Waals surface area contributed by atoms with E-state index in [0.29, 0.717) is 5.75 Å². The number of ketones is 1. The van der Waals surface area contributed by atoms with Gasteiger partial charge in [-0.05, 0) is 65.5 Å². The van der Waals surface area contributed by atoms with Gasteiger partial charge in [0.05, 0.1) is 13.5 Å². The van der Waals surface area contributed by atoms with Crippen LogP contribution in [0.2, 0.25) is 0 Å². The van der Waals surface area contributed by atoms with Crippen LogP contribution in [0.1, 0.15) is 19.8 Å². The summed E-state index contributed by atoms with van der Waals surface area (Å²) in [5.41, 5.74) is 2.04. The first-order chi connectivity index (χ1) is 13.2. The molecule has 2 aromatic carbocycles. The molecule has 0 aliphatic carbocycles. The standard InChI is InChI=1S/C17H16O4.C3H2Cl2O2/c1-12(18)11-17(19)21-16-9-5-14(6-10-16)13-3-7-15(20-2)8-4-13;4-2(6)1-3(5)7/h3-10H,11H2,1-2H3;1H2. The van der Waals surface area contributed by atoms with Crippen molar-refractivity contribution in [1.82, 2.24) is 0 Å². The highest BCUT2D eigenvalue weighted by Crippen LogP contribution is 2.24. The van der Waals surface area contributed by atoms with E-state index in [9.17, 15) is 19.2 Å². The van der Waals surface area contributed by atoms with Crippen molar-refractivity contribution >= 4 is 45.4 Å². The van der Waals surface area contributed by atoms with Crippen LogP contribution >= 0.6 is 23.2 Å². The van der Waals surface area contributed by atoms with E-state index in [1.54, 1.807) is 19.2 Å². The van der Waals surface area contributed by atoms with E-state index in [1.165, 1.54) is 6.92 Å². The smallest absolute Gasteiger partial charge is 0.318 e. The van der Waals surface area contributed by atoms with Gasteiger partial charge in [0.25, 0.3) is 0 Å². The monoisotopic (exact) mass is 424 g/mol. The first-order valence-electron chi connectivity index (χ1n) is 8.02. The quantitative estimate of drug-likeness (QED) is 0.287. The predicted molar refractivity (Wildman–Crippen MR) is 106 cm³/mol. The molecule has 0 atom stereocenters. The molecule has 148 valence electrons. The zero-order valence-electron chi connectivity index (χ0n) is 15.2. The number of rotatable bonds is 7. The summed E-state index contributed by atoms with van der Waals surface area (Å²) in [5.74, 6) is 0.474. The Hall–Kier alpha value is -2.70. The van der Waals surface area contributed by atoms with E-state index < -0.39 is 16.5 Å². The fourth-order valence-corrected chi connectivity index (χ4v) is 2.29. The molecule has 0 heterocycles. The number of carbonyl (C=O) groups is 4. The van der Waals surface area contributed by atoms with E-state index >= 15 is 0 Å². The largest absolute Gasteiger partial charge is 0.497 e. The van der Waals surface area contributed by atoms with Gasteiger partial charge < -0.3 is 9.47 Å². The average molecular weight is 425 g/mol. The number of hydrogen-bond acceptors (Lipinski definition) is 6. The van der Waals surface area contributed by atoms with E-state index in [0.717, 1.165) is 16.9 Å². The minimum Gasteiger partial charge on any atom is -0.497 e. The third-order valence-corrected chi connectivity index (χ3v) is 3.45. The summed E-state index contributed by atoms with van der Waals surface area (Å²) in [6.07, 6.45) is -0.594. The second kappa shape index (κ2) is 11.9. The lowest BCUT2D eigenvalue weighted by Gasteiger charge is -2.06. The van der Waals surface area contributed by atoms with Crippen molar-refractivity contribution < 1.29 is 28.7 Å². The van der Waals surface area contributed by atoms with Crippen LogP contribution in [0, 0.1) is 0 Å². The van der Waals surface area contributed by atoms with Crippen LogP contribution in [0.3, 0.4) is 0 Å². The number of carbonyl (C=O) groups excluding carboxylic acids is 4. The normalized spacial score (nSPS) is 9.57. The molecule has 0 saturated heterocycles. The molecule has 2 rings (SSSR count). The minimum absolute atomic E-state index is 0.208. The third-order valence-electron chi connectivity index (χ3n) is 3.18. The molecule has 0 amide bonds. The molecule has 0 aliphatic heterocycles. The molecule has 0 spiro atoms. The molecule has 2 aromatic rings. The Kier molecular flexibility index (Phi) is 9.92. The highest BCUT2D eigenvalue weighted by atomic mass is 35.5. The number of esters is 1. The number of halogens is 2. The summed E-state index contributed by atoms with van der Waals surface area (Å²) in [4.78, 5) is 41.6. The number of ether oxygens (including phenoxy) is 2. The molecule has 0 radical (unpaired) electrons. The van der Waals surface area contributed by atoms with Crippen LogP contribution < -0.4 is 9.47 Å². The molecule has 0 aliphatic rings. The molecule has 0 aromatic heterocycles. The van der Waals surface area contributed by atoms with E-state index in [2.05, 4.69) is 0 Å². The van der Waals surface area contributed by atoms with Crippen molar-refractivity contribution in [3.63, 3.8) is 0 Å². The predicted octanol–water partition coefficient (Wildman–Crippen LogP) is 4.15. The minimum atomic E-state index is -0.722. The second-order valence-corrected chi connectivity index (χ2v) is 6.34. The van der Waals surface area contributed by atoms with Crippen LogP contribution in [0.4, 0.5) is 0 Å².